The molecule has 0 atom stereocenters. The number of carboxylic acid groups (broad SMARTS) is 1. The summed E-state index contributed by atoms with van der Waals surface area (Å²) in [6, 6.07) is 8.24. The third-order valence-corrected chi connectivity index (χ3v) is 4.81. The number of carboxylic acids is 1. The molecule has 8 heteroatoms. The van der Waals surface area contributed by atoms with E-state index in [9.17, 15) is 13.2 Å². The number of sulfonamides is 1. The van der Waals surface area contributed by atoms with E-state index in [2.05, 4.69) is 4.72 Å². The summed E-state index contributed by atoms with van der Waals surface area (Å²) in [5.74, 6) is -0.444. The van der Waals surface area contributed by atoms with Gasteiger partial charge >= 0.3 is 5.97 Å². The second kappa shape index (κ2) is 7.50. The van der Waals surface area contributed by atoms with Gasteiger partial charge in [0.05, 0.1) is 6.61 Å². The Labute approximate surface area is 140 Å². The highest BCUT2D eigenvalue weighted by Crippen LogP contribution is 2.16. The molecule has 24 heavy (non-hydrogen) atoms. The van der Waals surface area contributed by atoms with Gasteiger partial charge in [0.15, 0.2) is 0 Å². The highest BCUT2D eigenvalue weighted by Gasteiger charge is 2.20. The van der Waals surface area contributed by atoms with Gasteiger partial charge in [-0.3, -0.25) is 0 Å². The van der Waals surface area contributed by atoms with Crippen molar-refractivity contribution in [3.63, 3.8) is 0 Å². The molecule has 1 aromatic carbocycles. The Morgan fingerprint density at radius 2 is 1.92 bits per heavy atom. The quantitative estimate of drug-likeness (QED) is 0.758. The summed E-state index contributed by atoms with van der Waals surface area (Å²) in [5.41, 5.74) is 0.717. The van der Waals surface area contributed by atoms with Crippen LogP contribution in [0.25, 0.3) is 0 Å². The fourth-order valence-electron chi connectivity index (χ4n) is 2.20. The molecular formula is C16H20N2O5S. The minimum atomic E-state index is -3.79. The van der Waals surface area contributed by atoms with Gasteiger partial charge in [0, 0.05) is 19.3 Å². The fraction of sp³-hybridized carbons (Fsp3) is 0.312. The van der Waals surface area contributed by atoms with Crippen molar-refractivity contribution in [3.05, 3.63) is 47.8 Å². The van der Waals surface area contributed by atoms with E-state index in [-0.39, 0.29) is 17.1 Å². The van der Waals surface area contributed by atoms with Gasteiger partial charge in [0.25, 0.3) is 0 Å². The molecule has 0 aliphatic carbocycles. The predicted octanol–water partition coefficient (Wildman–Crippen LogP) is 2.08. The van der Waals surface area contributed by atoms with Crippen LogP contribution >= 0.6 is 0 Å². The van der Waals surface area contributed by atoms with Gasteiger partial charge in [-0.05, 0) is 37.6 Å². The molecule has 1 heterocycles. The molecule has 2 N–H and O–H groups in total. The highest BCUT2D eigenvalue weighted by molar-refractivity contribution is 7.89. The van der Waals surface area contributed by atoms with E-state index in [0.29, 0.717) is 13.2 Å². The van der Waals surface area contributed by atoms with E-state index in [1.165, 1.54) is 10.8 Å². The van der Waals surface area contributed by atoms with Gasteiger partial charge in [-0.1, -0.05) is 12.1 Å². The van der Waals surface area contributed by atoms with E-state index >= 15 is 0 Å². The first-order valence-corrected chi connectivity index (χ1v) is 9.00. The molecule has 0 saturated heterocycles. The van der Waals surface area contributed by atoms with Crippen molar-refractivity contribution >= 4 is 16.0 Å². The molecule has 2 aromatic rings. The molecule has 0 unspecified atom stereocenters. The lowest BCUT2D eigenvalue weighted by Crippen LogP contribution is -2.22. The summed E-state index contributed by atoms with van der Waals surface area (Å²) >= 11 is 0. The van der Waals surface area contributed by atoms with Gasteiger partial charge in [0.2, 0.25) is 10.0 Å². The van der Waals surface area contributed by atoms with Crippen molar-refractivity contribution < 1.29 is 23.1 Å². The van der Waals surface area contributed by atoms with Gasteiger partial charge in [-0.15, -0.1) is 0 Å². The number of hydrogen-bond donors (Lipinski definition) is 2. The van der Waals surface area contributed by atoms with Crippen molar-refractivity contribution in [2.45, 2.75) is 31.8 Å². The Morgan fingerprint density at radius 1 is 1.25 bits per heavy atom. The zero-order chi connectivity index (χ0) is 17.7. The van der Waals surface area contributed by atoms with Crippen molar-refractivity contribution in [2.75, 3.05) is 6.61 Å². The number of ether oxygens (including phenoxy) is 1. The number of rotatable bonds is 8. The molecule has 0 amide bonds. The Balaban J connectivity index is 2.12. The molecule has 0 radical (unpaired) electrons. The first kappa shape index (κ1) is 18.0. The Morgan fingerprint density at radius 3 is 2.42 bits per heavy atom. The average Bonchev–Trinajstić information content (AvgIpc) is 3.00. The normalized spacial score (nSPS) is 11.4. The topological polar surface area (TPSA) is 97.6 Å². The van der Waals surface area contributed by atoms with Crippen molar-refractivity contribution in [1.29, 1.82) is 0 Å². The lowest BCUT2D eigenvalue weighted by atomic mass is 10.2. The van der Waals surface area contributed by atoms with E-state index in [4.69, 9.17) is 9.84 Å². The number of aryl methyl sites for hydroxylation is 1. The Kier molecular flexibility index (Phi) is 5.63. The van der Waals surface area contributed by atoms with Crippen LogP contribution in [0.5, 0.6) is 5.75 Å². The molecule has 130 valence electrons. The minimum absolute atomic E-state index is 0.0565. The van der Waals surface area contributed by atoms with Crippen molar-refractivity contribution in [3.8, 4) is 5.75 Å². The monoisotopic (exact) mass is 352 g/mol. The summed E-state index contributed by atoms with van der Waals surface area (Å²) in [6.45, 7) is 4.67. The molecule has 0 fully saturated rings. The van der Waals surface area contributed by atoms with E-state index in [1.54, 1.807) is 31.2 Å². The summed E-state index contributed by atoms with van der Waals surface area (Å²) in [5, 5.41) is 9.11. The molecule has 0 aliphatic heterocycles. The van der Waals surface area contributed by atoms with Crippen LogP contribution in [-0.4, -0.2) is 30.7 Å². The number of nitrogens with zero attached hydrogens (tertiary/aromatic N) is 1. The third-order valence-electron chi connectivity index (χ3n) is 3.44. The summed E-state index contributed by atoms with van der Waals surface area (Å²) in [4.78, 5) is 11.1. The second-order valence-corrected chi connectivity index (χ2v) is 6.82. The molecule has 0 spiro atoms. The molecule has 0 bridgehead atoms. The van der Waals surface area contributed by atoms with Gasteiger partial charge in [0.1, 0.15) is 16.3 Å². The Hall–Kier alpha value is -2.32. The zero-order valence-electron chi connectivity index (χ0n) is 13.5. The van der Waals surface area contributed by atoms with E-state index in [0.717, 1.165) is 17.4 Å². The fourth-order valence-corrected chi connectivity index (χ4v) is 3.26. The maximum Gasteiger partial charge on any atom is 0.352 e. The Bertz CT molecular complexity index is 809. The summed E-state index contributed by atoms with van der Waals surface area (Å²) < 4.78 is 33.9. The number of nitrogens with one attached hydrogen (secondary N) is 1. The van der Waals surface area contributed by atoms with Crippen LogP contribution in [0.15, 0.2) is 41.4 Å². The smallest absolute Gasteiger partial charge is 0.352 e. The minimum Gasteiger partial charge on any atom is -0.494 e. The third kappa shape index (κ3) is 4.15. The first-order valence-electron chi connectivity index (χ1n) is 7.52. The van der Waals surface area contributed by atoms with Crippen LogP contribution < -0.4 is 9.46 Å². The van der Waals surface area contributed by atoms with Crippen LogP contribution in [0.4, 0.5) is 0 Å². The number of aromatic nitrogens is 1. The van der Waals surface area contributed by atoms with Crippen LogP contribution in [-0.2, 0) is 23.1 Å². The maximum absolute atomic E-state index is 12.3. The molecule has 1 aromatic heterocycles. The van der Waals surface area contributed by atoms with E-state index in [1.807, 2.05) is 6.92 Å². The van der Waals surface area contributed by atoms with Crippen molar-refractivity contribution in [2.24, 2.45) is 0 Å². The average molecular weight is 352 g/mol. The molecule has 7 nitrogen and oxygen atoms in total. The second-order valence-electron chi connectivity index (χ2n) is 5.05. The maximum atomic E-state index is 12.3. The summed E-state index contributed by atoms with van der Waals surface area (Å²) in [6.07, 6.45) is 1.32. The van der Waals surface area contributed by atoms with Gasteiger partial charge in [-0.2, -0.15) is 0 Å². The van der Waals surface area contributed by atoms with Crippen molar-refractivity contribution in [1.82, 2.24) is 9.29 Å². The highest BCUT2D eigenvalue weighted by atomic mass is 32.2. The van der Waals surface area contributed by atoms with Gasteiger partial charge < -0.3 is 14.4 Å². The SMILES string of the molecule is CCOc1ccc(CNS(=O)(=O)c2cc(C(=O)O)n(CC)c2)cc1. The number of aromatic carboxylic acids is 1. The molecule has 0 saturated carbocycles. The van der Waals surface area contributed by atoms with E-state index < -0.39 is 16.0 Å². The van der Waals surface area contributed by atoms with Crippen LogP contribution in [0.1, 0.15) is 29.9 Å². The number of carbonyl (C=O) groups is 1. The lowest BCUT2D eigenvalue weighted by molar-refractivity contribution is 0.0685. The summed E-state index contributed by atoms with van der Waals surface area (Å²) in [7, 11) is -3.79. The van der Waals surface area contributed by atoms with Crippen LogP contribution in [0.3, 0.4) is 0 Å². The predicted molar refractivity (Wildman–Crippen MR) is 88.7 cm³/mol. The first-order chi connectivity index (χ1) is 11.4. The number of hydrogen-bond acceptors (Lipinski definition) is 4. The van der Waals surface area contributed by atoms with Crippen LogP contribution in [0.2, 0.25) is 0 Å². The largest absolute Gasteiger partial charge is 0.494 e. The van der Waals surface area contributed by atoms with Gasteiger partial charge in [-0.25, -0.2) is 17.9 Å². The number of benzene rings is 1. The molecule has 0 aliphatic rings. The lowest BCUT2D eigenvalue weighted by Gasteiger charge is -2.07. The molecular weight excluding hydrogens is 332 g/mol. The molecule has 2 rings (SSSR count). The van der Waals surface area contributed by atoms with Crippen LogP contribution in [0, 0.1) is 0 Å². The zero-order valence-corrected chi connectivity index (χ0v) is 14.3. The standard InChI is InChI=1S/C16H20N2O5S/c1-3-18-11-14(9-15(18)16(19)20)24(21,22)17-10-12-5-7-13(8-6-12)23-4-2/h5-9,11,17H,3-4,10H2,1-2H3,(H,19,20).